The molecular weight excluding hydrogens is 493 g/mol. The highest BCUT2D eigenvalue weighted by atomic mass is 19.1. The maximum Gasteiger partial charge on any atom is 0.346 e. The maximum atomic E-state index is 14.0. The zero-order chi connectivity index (χ0) is 28.2. The number of aryl methyl sites for hydroxylation is 2. The molecule has 0 amide bonds. The fourth-order valence-electron chi connectivity index (χ4n) is 4.78. The highest BCUT2D eigenvalue weighted by Gasteiger charge is 2.15. The average molecular weight is 530 g/mol. The van der Waals surface area contributed by atoms with Crippen molar-refractivity contribution < 1.29 is 14.3 Å². The molecule has 1 aromatic heterocycles. The molecule has 7 heteroatoms. The summed E-state index contributed by atoms with van der Waals surface area (Å²) < 4.78 is 17.3. The summed E-state index contributed by atoms with van der Waals surface area (Å²) in [5.74, 6) is -0.798. The summed E-state index contributed by atoms with van der Waals surface area (Å²) in [5, 5.41) is 13.7. The van der Waals surface area contributed by atoms with Gasteiger partial charge in [-0.1, -0.05) is 75.4 Å². The second-order valence-corrected chi connectivity index (χ2v) is 11.0. The Bertz CT molecular complexity index is 1510. The van der Waals surface area contributed by atoms with Gasteiger partial charge in [0.15, 0.2) is 0 Å². The molecular formula is C32H36FN3O3. The van der Waals surface area contributed by atoms with Crippen LogP contribution in [0.5, 0.6) is 0 Å². The molecule has 0 radical (unpaired) electrons. The quantitative estimate of drug-likeness (QED) is 0.273. The van der Waals surface area contributed by atoms with E-state index < -0.39 is 11.8 Å². The van der Waals surface area contributed by atoms with Gasteiger partial charge in [0.2, 0.25) is 0 Å². The van der Waals surface area contributed by atoms with Gasteiger partial charge in [0, 0.05) is 13.0 Å². The van der Waals surface area contributed by atoms with Gasteiger partial charge in [0.05, 0.1) is 13.0 Å². The first-order valence-electron chi connectivity index (χ1n) is 13.4. The number of hydrogen-bond acceptors (Lipinski definition) is 3. The number of carbonyl (C=O) groups is 1. The van der Waals surface area contributed by atoms with Crippen LogP contribution in [-0.4, -0.2) is 25.4 Å². The zero-order valence-electron chi connectivity index (χ0n) is 23.1. The second-order valence-electron chi connectivity index (χ2n) is 11.0. The van der Waals surface area contributed by atoms with Gasteiger partial charge >= 0.3 is 11.7 Å². The molecule has 0 fully saturated rings. The largest absolute Gasteiger partial charge is 0.481 e. The predicted molar refractivity (Wildman–Crippen MR) is 152 cm³/mol. The van der Waals surface area contributed by atoms with Crippen LogP contribution in [-0.2, 0) is 42.6 Å². The minimum absolute atomic E-state index is 0.0775. The van der Waals surface area contributed by atoms with Gasteiger partial charge < -0.3 is 5.11 Å². The van der Waals surface area contributed by atoms with E-state index in [9.17, 15) is 14.0 Å². The molecule has 0 atom stereocenters. The van der Waals surface area contributed by atoms with Gasteiger partial charge in [-0.25, -0.2) is 13.9 Å². The summed E-state index contributed by atoms with van der Waals surface area (Å²) >= 11 is 0. The lowest BCUT2D eigenvalue weighted by molar-refractivity contribution is -0.136. The molecule has 0 unspecified atom stereocenters. The van der Waals surface area contributed by atoms with E-state index in [0.717, 1.165) is 40.9 Å². The molecule has 0 bridgehead atoms. The number of nitrogens with zero attached hydrogens (tertiary/aromatic N) is 3. The number of hydrogen-bond donors (Lipinski definition) is 1. The van der Waals surface area contributed by atoms with Gasteiger partial charge in [0.1, 0.15) is 11.6 Å². The Morgan fingerprint density at radius 3 is 2.33 bits per heavy atom. The molecule has 0 spiro atoms. The van der Waals surface area contributed by atoms with Gasteiger partial charge in [0.25, 0.3) is 0 Å². The predicted octanol–water partition coefficient (Wildman–Crippen LogP) is 6.02. The zero-order valence-corrected chi connectivity index (χ0v) is 23.1. The van der Waals surface area contributed by atoms with Crippen molar-refractivity contribution in [2.75, 3.05) is 0 Å². The molecule has 4 rings (SSSR count). The van der Waals surface area contributed by atoms with E-state index in [1.165, 1.54) is 11.6 Å². The summed E-state index contributed by atoms with van der Waals surface area (Å²) in [4.78, 5) is 24.1. The van der Waals surface area contributed by atoms with Crippen LogP contribution in [0.15, 0.2) is 71.5 Å². The molecule has 0 saturated heterocycles. The van der Waals surface area contributed by atoms with E-state index in [-0.39, 0.29) is 23.1 Å². The first-order chi connectivity index (χ1) is 18.5. The summed E-state index contributed by atoms with van der Waals surface area (Å²) in [5.41, 5.74) is 5.25. The monoisotopic (exact) mass is 529 g/mol. The molecule has 0 aliphatic carbocycles. The first-order valence-corrected chi connectivity index (χ1v) is 13.4. The second kappa shape index (κ2) is 11.8. The minimum atomic E-state index is -1.06. The number of aliphatic carboxylic acids is 1. The molecule has 0 aliphatic rings. The van der Waals surface area contributed by atoms with Crippen molar-refractivity contribution in [3.8, 4) is 11.1 Å². The summed E-state index contributed by atoms with van der Waals surface area (Å²) in [6.45, 7) is 9.50. The third-order valence-electron chi connectivity index (χ3n) is 6.98. The third-order valence-corrected chi connectivity index (χ3v) is 6.98. The lowest BCUT2D eigenvalue weighted by Gasteiger charge is -2.19. The first kappa shape index (κ1) is 28.0. The molecule has 39 heavy (non-hydrogen) atoms. The Hall–Kier alpha value is -4.00. The molecule has 6 nitrogen and oxygen atoms in total. The highest BCUT2D eigenvalue weighted by Crippen LogP contribution is 2.25. The van der Waals surface area contributed by atoms with E-state index >= 15 is 0 Å². The van der Waals surface area contributed by atoms with Crippen molar-refractivity contribution in [2.45, 2.75) is 71.9 Å². The number of carboxylic acid groups (broad SMARTS) is 1. The molecule has 0 aliphatic heterocycles. The van der Waals surface area contributed by atoms with E-state index in [1.807, 2.05) is 31.2 Å². The van der Waals surface area contributed by atoms with Crippen LogP contribution in [0.3, 0.4) is 0 Å². The molecule has 204 valence electrons. The van der Waals surface area contributed by atoms with Crippen molar-refractivity contribution in [2.24, 2.45) is 0 Å². The molecule has 4 aromatic rings. The molecule has 3 aromatic carbocycles. The van der Waals surface area contributed by atoms with Gasteiger partial charge in [-0.05, 0) is 70.7 Å². The van der Waals surface area contributed by atoms with Crippen LogP contribution >= 0.6 is 0 Å². The van der Waals surface area contributed by atoms with Gasteiger partial charge in [-0.3, -0.25) is 9.36 Å². The number of benzene rings is 3. The van der Waals surface area contributed by atoms with Crippen molar-refractivity contribution in [1.29, 1.82) is 0 Å². The summed E-state index contributed by atoms with van der Waals surface area (Å²) in [6.07, 6.45) is 1.92. The van der Waals surface area contributed by atoms with Crippen LogP contribution < -0.4 is 5.69 Å². The fraction of sp³-hybridized carbons (Fsp3) is 0.344. The third kappa shape index (κ3) is 6.91. The van der Waals surface area contributed by atoms with E-state index in [2.05, 4.69) is 50.1 Å². The Labute approximate surface area is 228 Å². The van der Waals surface area contributed by atoms with E-state index in [0.29, 0.717) is 19.5 Å². The van der Waals surface area contributed by atoms with Crippen LogP contribution in [0.1, 0.15) is 62.2 Å². The van der Waals surface area contributed by atoms with Crippen LogP contribution in [0.2, 0.25) is 0 Å². The number of carboxylic acids is 1. The average Bonchev–Trinajstić information content (AvgIpc) is 3.18. The molecule has 1 N–H and O–H groups in total. The Morgan fingerprint density at radius 1 is 0.949 bits per heavy atom. The molecule has 0 saturated carbocycles. The van der Waals surface area contributed by atoms with Crippen molar-refractivity contribution in [1.82, 2.24) is 14.3 Å². The van der Waals surface area contributed by atoms with Crippen LogP contribution in [0.25, 0.3) is 11.1 Å². The standard InChI is InChI=1S/C32H36FN3O3/c1-5-35-29(34-36(31(35)39)21-23-12-15-27(16-13-23)32(2,3)4)11-7-9-22-8-6-10-24(18-22)25-14-17-28(33)26(19-25)20-30(37)38/h6,8,10,12-19H,5,7,9,11,20-21H2,1-4H3,(H,37,38). The highest BCUT2D eigenvalue weighted by molar-refractivity contribution is 5.72. The SMILES string of the molecule is CCn1c(CCCc2cccc(-c3ccc(F)c(CC(=O)O)c3)c2)nn(Cc2ccc(C(C)(C)C)cc2)c1=O. The van der Waals surface area contributed by atoms with E-state index in [4.69, 9.17) is 5.11 Å². The summed E-state index contributed by atoms with van der Waals surface area (Å²) in [7, 11) is 0. The normalized spacial score (nSPS) is 11.6. The smallest absolute Gasteiger partial charge is 0.346 e. The molecule has 1 heterocycles. The van der Waals surface area contributed by atoms with Gasteiger partial charge in [-0.2, -0.15) is 5.10 Å². The Balaban J connectivity index is 1.44. The van der Waals surface area contributed by atoms with Crippen molar-refractivity contribution in [3.05, 3.63) is 111 Å². The Morgan fingerprint density at radius 2 is 1.67 bits per heavy atom. The lowest BCUT2D eigenvalue weighted by Crippen LogP contribution is -2.25. The lowest BCUT2D eigenvalue weighted by atomic mass is 9.87. The number of halogens is 1. The summed E-state index contributed by atoms with van der Waals surface area (Å²) in [6, 6.07) is 20.9. The van der Waals surface area contributed by atoms with E-state index in [1.54, 1.807) is 21.4 Å². The van der Waals surface area contributed by atoms with Crippen molar-refractivity contribution >= 4 is 5.97 Å². The van der Waals surface area contributed by atoms with Crippen LogP contribution in [0, 0.1) is 5.82 Å². The fourth-order valence-corrected chi connectivity index (χ4v) is 4.78. The number of rotatable bonds is 10. The Kier molecular flexibility index (Phi) is 8.48. The van der Waals surface area contributed by atoms with Gasteiger partial charge in [-0.15, -0.1) is 0 Å². The minimum Gasteiger partial charge on any atom is -0.481 e. The maximum absolute atomic E-state index is 14.0. The topological polar surface area (TPSA) is 77.1 Å². The van der Waals surface area contributed by atoms with Crippen LogP contribution in [0.4, 0.5) is 4.39 Å². The number of aromatic nitrogens is 3. The van der Waals surface area contributed by atoms with Crippen molar-refractivity contribution in [3.63, 3.8) is 0 Å².